The fourth-order valence-electron chi connectivity index (χ4n) is 1.88. The molecule has 0 aliphatic rings. The number of benzene rings is 2. The Morgan fingerprint density at radius 1 is 1.00 bits per heavy atom. The zero-order chi connectivity index (χ0) is 15.5. The highest BCUT2D eigenvalue weighted by Crippen LogP contribution is 2.15. The topological polar surface area (TPSA) is 55.7 Å². The molecule has 0 aliphatic heterocycles. The van der Waals surface area contributed by atoms with E-state index in [1.54, 1.807) is 19.1 Å². The number of aryl methyl sites for hydroxylation is 2. The van der Waals surface area contributed by atoms with E-state index in [9.17, 15) is 8.42 Å². The predicted octanol–water partition coefficient (Wildman–Crippen LogP) is 3.43. The van der Waals surface area contributed by atoms with Crippen LogP contribution in [0.2, 0.25) is 0 Å². The number of rotatable bonds is 4. The summed E-state index contributed by atoms with van der Waals surface area (Å²) >= 11 is 0. The summed E-state index contributed by atoms with van der Waals surface area (Å²) in [6, 6.07) is 14.0. The van der Waals surface area contributed by atoms with Crippen LogP contribution in [0.3, 0.4) is 0 Å². The first-order valence-electron chi connectivity index (χ1n) is 6.51. The van der Waals surface area contributed by atoms with Crippen LogP contribution in [0.5, 0.6) is 0 Å². The lowest BCUT2D eigenvalue weighted by molar-refractivity contribution is 0.338. The Balaban J connectivity index is 2.23. The van der Waals surface area contributed by atoms with Gasteiger partial charge in [-0.25, -0.2) is 0 Å². The average Bonchev–Trinajstić information content (AvgIpc) is 2.46. The zero-order valence-electron chi connectivity index (χ0n) is 12.2. The van der Waals surface area contributed by atoms with Crippen LogP contribution in [0.4, 0.5) is 0 Å². The van der Waals surface area contributed by atoms with Crippen molar-refractivity contribution in [3.05, 3.63) is 65.2 Å². The molecule has 0 bridgehead atoms. The normalized spacial score (nSPS) is 12.2. The first-order valence-corrected chi connectivity index (χ1v) is 7.92. The minimum Gasteiger partial charge on any atom is -0.265 e. The molecule has 0 fully saturated rings. The van der Waals surface area contributed by atoms with Crippen molar-refractivity contribution in [1.82, 2.24) is 0 Å². The molecule has 110 valence electrons. The molecule has 0 spiro atoms. The van der Waals surface area contributed by atoms with Gasteiger partial charge in [0.05, 0.1) is 5.71 Å². The van der Waals surface area contributed by atoms with Crippen LogP contribution < -0.4 is 0 Å². The maximum atomic E-state index is 12.0. The molecule has 0 aliphatic carbocycles. The fraction of sp³-hybridized carbons (Fsp3) is 0.188. The molecular formula is C16H17NO3S. The van der Waals surface area contributed by atoms with Crippen molar-refractivity contribution in [3.63, 3.8) is 0 Å². The Morgan fingerprint density at radius 2 is 1.62 bits per heavy atom. The average molecular weight is 303 g/mol. The van der Waals surface area contributed by atoms with Gasteiger partial charge in [-0.05, 0) is 38.5 Å². The van der Waals surface area contributed by atoms with Crippen molar-refractivity contribution >= 4 is 15.8 Å². The second-order valence-electron chi connectivity index (χ2n) is 4.83. The summed E-state index contributed by atoms with van der Waals surface area (Å²) in [4.78, 5) is 0.0921. The Kier molecular flexibility index (Phi) is 4.43. The van der Waals surface area contributed by atoms with Gasteiger partial charge in [0.1, 0.15) is 4.90 Å². The molecule has 5 heteroatoms. The summed E-state index contributed by atoms with van der Waals surface area (Å²) in [6.07, 6.45) is 0. The molecular weight excluding hydrogens is 286 g/mol. The van der Waals surface area contributed by atoms with Gasteiger partial charge >= 0.3 is 10.1 Å². The van der Waals surface area contributed by atoms with Crippen LogP contribution in [0.25, 0.3) is 0 Å². The number of oxime groups is 1. The third kappa shape index (κ3) is 3.70. The second-order valence-corrected chi connectivity index (χ2v) is 6.36. The highest BCUT2D eigenvalue weighted by Gasteiger charge is 2.15. The van der Waals surface area contributed by atoms with E-state index in [-0.39, 0.29) is 4.90 Å². The van der Waals surface area contributed by atoms with Crippen LogP contribution in [-0.4, -0.2) is 14.1 Å². The molecule has 0 saturated carbocycles. The Bertz CT molecular complexity index is 762. The zero-order valence-corrected chi connectivity index (χ0v) is 13.0. The summed E-state index contributed by atoms with van der Waals surface area (Å²) in [7, 11) is -3.88. The van der Waals surface area contributed by atoms with Crippen molar-refractivity contribution in [2.75, 3.05) is 0 Å². The van der Waals surface area contributed by atoms with Gasteiger partial charge < -0.3 is 0 Å². The summed E-state index contributed by atoms with van der Waals surface area (Å²) in [5, 5.41) is 3.75. The molecule has 0 heterocycles. The summed E-state index contributed by atoms with van der Waals surface area (Å²) < 4.78 is 28.9. The maximum Gasteiger partial charge on any atom is 0.358 e. The van der Waals surface area contributed by atoms with Crippen molar-refractivity contribution < 1.29 is 12.7 Å². The van der Waals surface area contributed by atoms with Gasteiger partial charge in [-0.3, -0.25) is 4.28 Å². The monoisotopic (exact) mass is 303 g/mol. The Hall–Kier alpha value is -2.14. The summed E-state index contributed by atoms with van der Waals surface area (Å²) in [6.45, 7) is 5.54. The smallest absolute Gasteiger partial charge is 0.265 e. The molecule has 2 rings (SSSR count). The van der Waals surface area contributed by atoms with Crippen LogP contribution in [0.1, 0.15) is 23.6 Å². The van der Waals surface area contributed by atoms with Crippen molar-refractivity contribution in [2.45, 2.75) is 25.7 Å². The molecule has 0 atom stereocenters. The van der Waals surface area contributed by atoms with Crippen LogP contribution in [0, 0.1) is 13.8 Å². The molecule has 0 unspecified atom stereocenters. The molecule has 21 heavy (non-hydrogen) atoms. The molecule has 0 amide bonds. The minimum atomic E-state index is -3.88. The lowest BCUT2D eigenvalue weighted by atomic mass is 10.1. The van der Waals surface area contributed by atoms with E-state index in [1.807, 2.05) is 38.1 Å². The first-order chi connectivity index (χ1) is 9.90. The van der Waals surface area contributed by atoms with Gasteiger partial charge in [0.2, 0.25) is 0 Å². The van der Waals surface area contributed by atoms with Crippen LogP contribution in [-0.2, 0) is 14.4 Å². The molecule has 4 nitrogen and oxygen atoms in total. The number of hydrogen-bond donors (Lipinski definition) is 0. The third-order valence-corrected chi connectivity index (χ3v) is 4.24. The van der Waals surface area contributed by atoms with E-state index in [4.69, 9.17) is 4.28 Å². The van der Waals surface area contributed by atoms with Crippen LogP contribution >= 0.6 is 0 Å². The minimum absolute atomic E-state index is 0.0921. The van der Waals surface area contributed by atoms with Crippen LogP contribution in [0.15, 0.2) is 58.6 Å². The van der Waals surface area contributed by atoms with Gasteiger partial charge in [0, 0.05) is 5.56 Å². The largest absolute Gasteiger partial charge is 0.358 e. The molecule has 0 radical (unpaired) electrons. The summed E-state index contributed by atoms with van der Waals surface area (Å²) in [5.41, 5.74) is 3.36. The standard InChI is InChI=1S/C16H17NO3S/c1-12-8-10-15(11-9-12)21(18,19)20-17-14(3)16-7-5-4-6-13(16)2/h4-11H,1-3H3/b17-14+. The highest BCUT2D eigenvalue weighted by atomic mass is 32.2. The lowest BCUT2D eigenvalue weighted by Crippen LogP contribution is -2.06. The number of hydrogen-bond acceptors (Lipinski definition) is 4. The van der Waals surface area contributed by atoms with E-state index in [2.05, 4.69) is 5.16 Å². The third-order valence-electron chi connectivity index (χ3n) is 3.12. The van der Waals surface area contributed by atoms with E-state index in [1.165, 1.54) is 12.1 Å². The molecule has 0 N–H and O–H groups in total. The van der Waals surface area contributed by atoms with Gasteiger partial charge in [-0.15, -0.1) is 0 Å². The SMILES string of the molecule is C/C(=N\OS(=O)(=O)c1ccc(C)cc1)c1ccccc1C. The van der Waals surface area contributed by atoms with Gasteiger partial charge in [-0.2, -0.15) is 8.42 Å². The molecule has 2 aromatic carbocycles. The van der Waals surface area contributed by atoms with E-state index in [0.29, 0.717) is 5.71 Å². The van der Waals surface area contributed by atoms with E-state index >= 15 is 0 Å². The number of nitrogens with zero attached hydrogens (tertiary/aromatic N) is 1. The second kappa shape index (κ2) is 6.10. The van der Waals surface area contributed by atoms with E-state index < -0.39 is 10.1 Å². The van der Waals surface area contributed by atoms with Gasteiger partial charge in [0.15, 0.2) is 0 Å². The molecule has 0 aromatic heterocycles. The molecule has 0 saturated heterocycles. The fourth-order valence-corrected chi connectivity index (χ4v) is 2.65. The van der Waals surface area contributed by atoms with Crippen molar-refractivity contribution in [3.8, 4) is 0 Å². The van der Waals surface area contributed by atoms with Crippen molar-refractivity contribution in [1.29, 1.82) is 0 Å². The Morgan fingerprint density at radius 3 is 2.24 bits per heavy atom. The predicted molar refractivity (Wildman–Crippen MR) is 82.8 cm³/mol. The van der Waals surface area contributed by atoms with E-state index in [0.717, 1.165) is 16.7 Å². The highest BCUT2D eigenvalue weighted by molar-refractivity contribution is 7.86. The quantitative estimate of drug-likeness (QED) is 0.642. The Labute approximate surface area is 125 Å². The first kappa shape index (κ1) is 15.3. The summed E-state index contributed by atoms with van der Waals surface area (Å²) in [5.74, 6) is 0. The maximum absolute atomic E-state index is 12.0. The van der Waals surface area contributed by atoms with Crippen molar-refractivity contribution in [2.24, 2.45) is 5.16 Å². The molecule has 2 aromatic rings. The lowest BCUT2D eigenvalue weighted by Gasteiger charge is -2.06. The van der Waals surface area contributed by atoms with Gasteiger partial charge in [0.25, 0.3) is 0 Å². The van der Waals surface area contributed by atoms with Gasteiger partial charge in [-0.1, -0.05) is 47.1 Å².